The molecule has 2 aromatic heterocycles. The lowest BCUT2D eigenvalue weighted by molar-refractivity contribution is 0.104. The van der Waals surface area contributed by atoms with Crippen molar-refractivity contribution in [2.45, 2.75) is 0 Å². The van der Waals surface area contributed by atoms with Crippen molar-refractivity contribution in [2.75, 3.05) is 0 Å². The molecule has 0 bridgehead atoms. The van der Waals surface area contributed by atoms with Crippen LogP contribution in [-0.4, -0.2) is 15.8 Å². The van der Waals surface area contributed by atoms with Crippen LogP contribution < -0.4 is 0 Å². The second-order valence-electron chi connectivity index (χ2n) is 4.05. The number of benzene rings is 1. The molecular formula is C15H10N2OS. The lowest BCUT2D eigenvalue weighted by Gasteiger charge is -1.98. The summed E-state index contributed by atoms with van der Waals surface area (Å²) in [7, 11) is 0. The van der Waals surface area contributed by atoms with Crippen molar-refractivity contribution in [2.24, 2.45) is 0 Å². The molecule has 3 aromatic rings. The number of ketones is 1. The Kier molecular flexibility index (Phi) is 3.16. The fourth-order valence-electron chi connectivity index (χ4n) is 1.80. The normalized spacial score (nSPS) is 11.2. The van der Waals surface area contributed by atoms with E-state index in [-0.39, 0.29) is 5.78 Å². The van der Waals surface area contributed by atoms with Crippen LogP contribution in [0.2, 0.25) is 0 Å². The average molecular weight is 266 g/mol. The van der Waals surface area contributed by atoms with Gasteiger partial charge in [-0.15, -0.1) is 11.3 Å². The number of allylic oxidation sites excluding steroid dienone is 1. The van der Waals surface area contributed by atoms with E-state index in [1.165, 1.54) is 11.3 Å². The SMILES string of the molecule is O=C(/C=C/c1ccc2cnccc2c1)c1cscn1. The van der Waals surface area contributed by atoms with E-state index in [1.807, 2.05) is 36.5 Å². The summed E-state index contributed by atoms with van der Waals surface area (Å²) >= 11 is 1.42. The van der Waals surface area contributed by atoms with Crippen LogP contribution in [0.15, 0.2) is 53.6 Å². The van der Waals surface area contributed by atoms with Crippen LogP contribution in [-0.2, 0) is 0 Å². The minimum absolute atomic E-state index is 0.0731. The van der Waals surface area contributed by atoms with Gasteiger partial charge in [0.2, 0.25) is 5.78 Å². The predicted molar refractivity (Wildman–Crippen MR) is 77.2 cm³/mol. The zero-order chi connectivity index (χ0) is 13.1. The van der Waals surface area contributed by atoms with Crippen LogP contribution in [0.3, 0.4) is 0 Å². The third kappa shape index (κ3) is 2.58. The molecule has 2 heterocycles. The van der Waals surface area contributed by atoms with Crippen LogP contribution in [0.5, 0.6) is 0 Å². The van der Waals surface area contributed by atoms with E-state index in [2.05, 4.69) is 9.97 Å². The van der Waals surface area contributed by atoms with Gasteiger partial charge in [0.15, 0.2) is 0 Å². The molecule has 0 aliphatic heterocycles. The predicted octanol–water partition coefficient (Wildman–Crippen LogP) is 3.59. The number of fused-ring (bicyclic) bond motifs is 1. The summed E-state index contributed by atoms with van der Waals surface area (Å²) in [5.74, 6) is -0.0731. The van der Waals surface area contributed by atoms with E-state index in [0.29, 0.717) is 5.69 Å². The Hall–Kier alpha value is -2.33. The molecule has 0 amide bonds. The summed E-state index contributed by atoms with van der Waals surface area (Å²) in [6.45, 7) is 0. The van der Waals surface area contributed by atoms with Crippen LogP contribution in [0, 0.1) is 0 Å². The Morgan fingerprint density at radius 2 is 2.16 bits per heavy atom. The summed E-state index contributed by atoms with van der Waals surface area (Å²) < 4.78 is 0. The van der Waals surface area contributed by atoms with Gasteiger partial charge in [0, 0.05) is 23.2 Å². The van der Waals surface area contributed by atoms with E-state index < -0.39 is 0 Å². The van der Waals surface area contributed by atoms with Crippen molar-refractivity contribution >= 4 is 34.0 Å². The first-order valence-electron chi connectivity index (χ1n) is 5.77. The van der Waals surface area contributed by atoms with Gasteiger partial charge in [-0.1, -0.05) is 18.2 Å². The van der Waals surface area contributed by atoms with Crippen LogP contribution in [0.25, 0.3) is 16.8 Å². The van der Waals surface area contributed by atoms with Gasteiger partial charge in [0.1, 0.15) is 5.69 Å². The van der Waals surface area contributed by atoms with Crippen molar-refractivity contribution in [3.8, 4) is 0 Å². The number of carbonyl (C=O) groups excluding carboxylic acids is 1. The lowest BCUT2D eigenvalue weighted by atomic mass is 10.1. The fraction of sp³-hybridized carbons (Fsp3) is 0. The molecule has 19 heavy (non-hydrogen) atoms. The molecule has 92 valence electrons. The number of rotatable bonds is 3. The first-order chi connectivity index (χ1) is 9.33. The van der Waals surface area contributed by atoms with E-state index in [0.717, 1.165) is 16.3 Å². The maximum Gasteiger partial charge on any atom is 0.205 e. The van der Waals surface area contributed by atoms with Gasteiger partial charge in [-0.05, 0) is 29.2 Å². The second-order valence-corrected chi connectivity index (χ2v) is 4.77. The molecule has 1 aromatic carbocycles. The number of aromatic nitrogens is 2. The van der Waals surface area contributed by atoms with Crippen molar-refractivity contribution < 1.29 is 4.79 Å². The van der Waals surface area contributed by atoms with Gasteiger partial charge < -0.3 is 0 Å². The fourth-order valence-corrected chi connectivity index (χ4v) is 2.34. The first kappa shape index (κ1) is 11.7. The van der Waals surface area contributed by atoms with Crippen molar-refractivity contribution in [3.05, 3.63) is 64.9 Å². The molecule has 0 spiro atoms. The maximum atomic E-state index is 11.8. The smallest absolute Gasteiger partial charge is 0.205 e. The molecule has 0 aliphatic carbocycles. The minimum atomic E-state index is -0.0731. The highest BCUT2D eigenvalue weighted by atomic mass is 32.1. The number of pyridine rings is 1. The molecular weight excluding hydrogens is 256 g/mol. The number of hydrogen-bond donors (Lipinski definition) is 0. The number of thiazole rings is 1. The van der Waals surface area contributed by atoms with Gasteiger partial charge >= 0.3 is 0 Å². The van der Waals surface area contributed by atoms with E-state index in [4.69, 9.17) is 0 Å². The van der Waals surface area contributed by atoms with Crippen LogP contribution >= 0.6 is 11.3 Å². The zero-order valence-corrected chi connectivity index (χ0v) is 10.8. The highest BCUT2D eigenvalue weighted by Crippen LogP contribution is 2.15. The van der Waals surface area contributed by atoms with E-state index in [9.17, 15) is 4.79 Å². The van der Waals surface area contributed by atoms with Gasteiger partial charge in [0.05, 0.1) is 5.51 Å². The molecule has 3 rings (SSSR count). The first-order valence-corrected chi connectivity index (χ1v) is 6.71. The highest BCUT2D eigenvalue weighted by molar-refractivity contribution is 7.07. The minimum Gasteiger partial charge on any atom is -0.288 e. The lowest BCUT2D eigenvalue weighted by Crippen LogP contribution is -1.93. The molecule has 0 atom stereocenters. The summed E-state index contributed by atoms with van der Waals surface area (Å²) in [4.78, 5) is 19.8. The highest BCUT2D eigenvalue weighted by Gasteiger charge is 2.02. The van der Waals surface area contributed by atoms with Crippen LogP contribution in [0.4, 0.5) is 0 Å². The summed E-state index contributed by atoms with van der Waals surface area (Å²) in [6, 6.07) is 7.95. The number of hydrogen-bond acceptors (Lipinski definition) is 4. The summed E-state index contributed by atoms with van der Waals surface area (Å²) in [5.41, 5.74) is 3.14. The van der Waals surface area contributed by atoms with Gasteiger partial charge in [-0.25, -0.2) is 4.98 Å². The largest absolute Gasteiger partial charge is 0.288 e. The van der Waals surface area contributed by atoms with E-state index in [1.54, 1.807) is 23.2 Å². The summed E-state index contributed by atoms with van der Waals surface area (Å²) in [6.07, 6.45) is 6.94. The third-order valence-electron chi connectivity index (χ3n) is 2.78. The Bertz CT molecular complexity index is 748. The molecule has 3 nitrogen and oxygen atoms in total. The quantitative estimate of drug-likeness (QED) is 0.537. The molecule has 0 radical (unpaired) electrons. The Labute approximate surface area is 114 Å². The van der Waals surface area contributed by atoms with Crippen LogP contribution in [0.1, 0.15) is 16.1 Å². The Morgan fingerprint density at radius 1 is 1.21 bits per heavy atom. The standard InChI is InChI=1S/C15H10N2OS/c18-15(14-9-19-10-17-14)4-2-11-1-3-13-8-16-6-5-12(13)7-11/h1-10H/b4-2+. The van der Waals surface area contributed by atoms with Gasteiger partial charge in [-0.2, -0.15) is 0 Å². The Morgan fingerprint density at radius 3 is 3.00 bits per heavy atom. The number of carbonyl (C=O) groups is 1. The molecule has 0 fully saturated rings. The number of nitrogens with zero attached hydrogens (tertiary/aromatic N) is 2. The van der Waals surface area contributed by atoms with Crippen molar-refractivity contribution in [3.63, 3.8) is 0 Å². The molecule has 0 saturated carbocycles. The summed E-state index contributed by atoms with van der Waals surface area (Å²) in [5, 5.41) is 3.95. The molecule has 0 unspecified atom stereocenters. The van der Waals surface area contributed by atoms with Crippen molar-refractivity contribution in [1.82, 2.24) is 9.97 Å². The average Bonchev–Trinajstić information content (AvgIpc) is 2.99. The van der Waals surface area contributed by atoms with Crippen molar-refractivity contribution in [1.29, 1.82) is 0 Å². The monoisotopic (exact) mass is 266 g/mol. The van der Waals surface area contributed by atoms with E-state index >= 15 is 0 Å². The molecule has 0 saturated heterocycles. The third-order valence-corrected chi connectivity index (χ3v) is 3.36. The molecule has 4 heteroatoms. The molecule has 0 aliphatic rings. The zero-order valence-electron chi connectivity index (χ0n) is 9.98. The molecule has 0 N–H and O–H groups in total. The Balaban J connectivity index is 1.87. The van der Waals surface area contributed by atoms with Gasteiger partial charge in [0.25, 0.3) is 0 Å². The van der Waals surface area contributed by atoms with Gasteiger partial charge in [-0.3, -0.25) is 9.78 Å². The topological polar surface area (TPSA) is 42.9 Å². The second kappa shape index (κ2) is 5.12. The maximum absolute atomic E-state index is 11.8.